The van der Waals surface area contributed by atoms with E-state index in [0.717, 1.165) is 19.4 Å². The molecule has 0 fully saturated rings. The van der Waals surface area contributed by atoms with Crippen molar-refractivity contribution in [2.75, 3.05) is 6.54 Å². The number of hydrogen-bond acceptors (Lipinski definition) is 2. The van der Waals surface area contributed by atoms with Gasteiger partial charge >= 0.3 is 0 Å². The maximum Gasteiger partial charge on any atom is 0.0502 e. The van der Waals surface area contributed by atoms with Crippen molar-refractivity contribution in [3.05, 3.63) is 11.8 Å². The molecule has 3 heteroatoms. The molecule has 0 spiro atoms. The molecule has 1 N–H and O–H groups in total. The Bertz CT molecular complexity index is 222. The van der Waals surface area contributed by atoms with Crippen LogP contribution in [0.3, 0.4) is 0 Å². The zero-order valence-corrected chi connectivity index (χ0v) is 12.5. The highest BCUT2D eigenvalue weighted by molar-refractivity contribution is 4.95. The van der Waals surface area contributed by atoms with Gasteiger partial charge in [0.05, 0.1) is 6.20 Å². The van der Waals surface area contributed by atoms with Crippen molar-refractivity contribution in [1.82, 2.24) is 5.43 Å². The minimum atomic E-state index is 0.921. The molecule has 0 aromatic heterocycles. The van der Waals surface area contributed by atoms with Crippen molar-refractivity contribution in [3.8, 4) is 0 Å². The summed E-state index contributed by atoms with van der Waals surface area (Å²) in [5.41, 5.74) is 4.27. The first kappa shape index (κ1) is 17.1. The van der Waals surface area contributed by atoms with Crippen molar-refractivity contribution in [3.63, 3.8) is 0 Å². The Labute approximate surface area is 113 Å². The molecule has 18 heavy (non-hydrogen) atoms. The topological polar surface area (TPSA) is 36.8 Å². The van der Waals surface area contributed by atoms with Gasteiger partial charge in [0.25, 0.3) is 0 Å². The number of hydrogen-bond donors (Lipinski definition) is 1. The minimum absolute atomic E-state index is 0.921. The summed E-state index contributed by atoms with van der Waals surface area (Å²) in [7, 11) is 0. The molecule has 0 atom stereocenters. The fraction of sp³-hybridized carbons (Fsp3) is 0.867. The first-order valence-corrected chi connectivity index (χ1v) is 7.59. The van der Waals surface area contributed by atoms with E-state index in [1.54, 1.807) is 0 Å². The minimum Gasteiger partial charge on any atom is -0.291 e. The van der Waals surface area contributed by atoms with Crippen LogP contribution >= 0.6 is 0 Å². The number of nitrogens with one attached hydrogen (secondary N) is 1. The third-order valence-corrected chi connectivity index (χ3v) is 2.97. The summed E-state index contributed by atoms with van der Waals surface area (Å²) in [6.07, 6.45) is 13.5. The molecule has 3 nitrogen and oxygen atoms in total. The summed E-state index contributed by atoms with van der Waals surface area (Å²) in [4.78, 5) is 0. The lowest BCUT2D eigenvalue weighted by Crippen LogP contribution is -2.05. The second kappa shape index (κ2) is 14.2. The molecule has 0 radical (unpaired) electrons. The van der Waals surface area contributed by atoms with Crippen LogP contribution in [0, 0.1) is 0 Å². The van der Waals surface area contributed by atoms with Crippen LogP contribution < -0.4 is 5.43 Å². The Hall–Kier alpha value is -0.860. The maximum absolute atomic E-state index is 4.02. The number of nitrogens with zero attached hydrogens (tertiary/aromatic N) is 2. The molecule has 0 aliphatic carbocycles. The van der Waals surface area contributed by atoms with Crippen molar-refractivity contribution < 1.29 is 0 Å². The first-order chi connectivity index (χ1) is 8.81. The van der Waals surface area contributed by atoms with Crippen LogP contribution in [0.25, 0.3) is 0 Å². The molecule has 0 aliphatic heterocycles. The van der Waals surface area contributed by atoms with E-state index < -0.39 is 0 Å². The average Bonchev–Trinajstić information content (AvgIpc) is 2.38. The van der Waals surface area contributed by atoms with Gasteiger partial charge in [-0.3, -0.25) is 5.43 Å². The zero-order chi connectivity index (χ0) is 13.5. The van der Waals surface area contributed by atoms with Gasteiger partial charge in [0.15, 0.2) is 0 Å². The smallest absolute Gasteiger partial charge is 0.0502 e. The highest BCUT2D eigenvalue weighted by Gasteiger charge is 1.92. The number of rotatable bonds is 12. The predicted molar refractivity (Wildman–Crippen MR) is 79.5 cm³/mol. The van der Waals surface area contributed by atoms with Gasteiger partial charge in [-0.25, -0.2) is 0 Å². The van der Waals surface area contributed by atoms with E-state index in [0.29, 0.717) is 0 Å². The zero-order valence-electron chi connectivity index (χ0n) is 12.5. The second-order valence-electron chi connectivity index (χ2n) is 4.97. The monoisotopic (exact) mass is 253 g/mol. The molecule has 0 saturated heterocycles. The van der Waals surface area contributed by atoms with Gasteiger partial charge < -0.3 is 0 Å². The standard InChI is InChI=1S/C15H31N3/c1-4-6-8-9-10-11-12-15(3)14-17-18-16-13-7-5-2/h14H,4-13H2,1-3H3,(H,16,17)/b15-14+. The van der Waals surface area contributed by atoms with Crippen LogP contribution in [0.2, 0.25) is 0 Å². The third kappa shape index (κ3) is 13.2. The fourth-order valence-corrected chi connectivity index (χ4v) is 1.72. The van der Waals surface area contributed by atoms with Gasteiger partial charge in [0.2, 0.25) is 0 Å². The quantitative estimate of drug-likeness (QED) is 0.282. The summed E-state index contributed by atoms with van der Waals surface area (Å²) >= 11 is 0. The Morgan fingerprint density at radius 1 is 0.944 bits per heavy atom. The maximum atomic E-state index is 4.02. The van der Waals surface area contributed by atoms with Crippen molar-refractivity contribution in [2.45, 2.75) is 78.6 Å². The third-order valence-electron chi connectivity index (χ3n) is 2.97. The summed E-state index contributed by atoms with van der Waals surface area (Å²) < 4.78 is 0. The lowest BCUT2D eigenvalue weighted by atomic mass is 10.1. The highest BCUT2D eigenvalue weighted by Crippen LogP contribution is 2.11. The van der Waals surface area contributed by atoms with Gasteiger partial charge in [-0.05, 0) is 26.2 Å². The Balaban J connectivity index is 3.41. The summed E-state index contributed by atoms with van der Waals surface area (Å²) in [6, 6.07) is 0. The van der Waals surface area contributed by atoms with E-state index in [1.165, 1.54) is 50.5 Å². The van der Waals surface area contributed by atoms with Gasteiger partial charge in [0.1, 0.15) is 0 Å². The van der Waals surface area contributed by atoms with E-state index >= 15 is 0 Å². The van der Waals surface area contributed by atoms with Crippen molar-refractivity contribution in [1.29, 1.82) is 0 Å². The van der Waals surface area contributed by atoms with E-state index in [4.69, 9.17) is 0 Å². The van der Waals surface area contributed by atoms with E-state index in [2.05, 4.69) is 36.5 Å². The molecule has 106 valence electrons. The summed E-state index contributed by atoms with van der Waals surface area (Å²) in [6.45, 7) is 7.48. The lowest BCUT2D eigenvalue weighted by Gasteiger charge is -2.00. The van der Waals surface area contributed by atoms with Crippen LogP contribution in [-0.4, -0.2) is 6.54 Å². The highest BCUT2D eigenvalue weighted by atomic mass is 15.4. The molecule has 0 heterocycles. The SMILES string of the molecule is CCCCCCCC/C(C)=C/N=N\NCCCC. The number of allylic oxidation sites excluding steroid dienone is 1. The van der Waals surface area contributed by atoms with E-state index in [9.17, 15) is 0 Å². The molecule has 0 bridgehead atoms. The molecule has 0 unspecified atom stereocenters. The van der Waals surface area contributed by atoms with Crippen LogP contribution in [-0.2, 0) is 0 Å². The van der Waals surface area contributed by atoms with Gasteiger partial charge in [-0.15, -0.1) is 5.11 Å². The van der Waals surface area contributed by atoms with Gasteiger partial charge in [-0.2, -0.15) is 0 Å². The molecular formula is C15H31N3. The normalized spacial score (nSPS) is 12.3. The lowest BCUT2D eigenvalue weighted by molar-refractivity contribution is 0.605. The second-order valence-corrected chi connectivity index (χ2v) is 4.97. The summed E-state index contributed by atoms with van der Waals surface area (Å²) in [5, 5.41) is 7.94. The Morgan fingerprint density at radius 3 is 2.33 bits per heavy atom. The average molecular weight is 253 g/mol. The molecule has 0 saturated carbocycles. The molecule has 0 aliphatic rings. The van der Waals surface area contributed by atoms with Crippen molar-refractivity contribution >= 4 is 0 Å². The molecule has 0 aromatic carbocycles. The van der Waals surface area contributed by atoms with Crippen LogP contribution in [0.15, 0.2) is 22.1 Å². The van der Waals surface area contributed by atoms with Crippen LogP contribution in [0.4, 0.5) is 0 Å². The predicted octanol–water partition coefficient (Wildman–Crippen LogP) is 5.40. The van der Waals surface area contributed by atoms with Gasteiger partial charge in [0, 0.05) is 6.54 Å². The first-order valence-electron chi connectivity index (χ1n) is 7.59. The molecule has 0 amide bonds. The van der Waals surface area contributed by atoms with Gasteiger partial charge in [-0.1, -0.05) is 63.2 Å². The number of unbranched alkanes of at least 4 members (excludes halogenated alkanes) is 6. The Morgan fingerprint density at radius 2 is 1.61 bits per heavy atom. The largest absolute Gasteiger partial charge is 0.291 e. The summed E-state index contributed by atoms with van der Waals surface area (Å²) in [5.74, 6) is 0. The molecule has 0 rings (SSSR count). The van der Waals surface area contributed by atoms with Crippen LogP contribution in [0.1, 0.15) is 78.6 Å². The van der Waals surface area contributed by atoms with Crippen molar-refractivity contribution in [2.24, 2.45) is 10.3 Å². The molecule has 0 aromatic rings. The van der Waals surface area contributed by atoms with E-state index in [1.807, 2.05) is 6.20 Å². The fourth-order valence-electron chi connectivity index (χ4n) is 1.72. The molecular weight excluding hydrogens is 222 g/mol. The van der Waals surface area contributed by atoms with Crippen LogP contribution in [0.5, 0.6) is 0 Å². The Kier molecular flexibility index (Phi) is 13.5. The van der Waals surface area contributed by atoms with E-state index in [-0.39, 0.29) is 0 Å².